The highest BCUT2D eigenvalue weighted by atomic mass is 19.4. The summed E-state index contributed by atoms with van der Waals surface area (Å²) in [7, 11) is 0. The molecule has 0 spiro atoms. The van der Waals surface area contributed by atoms with Crippen molar-refractivity contribution in [1.29, 1.82) is 0 Å². The Morgan fingerprint density at radius 1 is 1.06 bits per heavy atom. The van der Waals surface area contributed by atoms with Crippen LogP contribution in [0.2, 0.25) is 0 Å². The zero-order valence-electron chi connectivity index (χ0n) is 18.9. The van der Waals surface area contributed by atoms with Gasteiger partial charge in [-0.15, -0.1) is 0 Å². The number of hydrogen-bond acceptors (Lipinski definition) is 4. The molecule has 3 rings (SSSR count). The van der Waals surface area contributed by atoms with Crippen molar-refractivity contribution in [2.75, 3.05) is 13.1 Å². The topological polar surface area (TPSA) is 55.8 Å². The molecular weight excluding hydrogens is 435 g/mol. The summed E-state index contributed by atoms with van der Waals surface area (Å²) in [5.41, 5.74) is -0.583. The summed E-state index contributed by atoms with van der Waals surface area (Å²) < 4.78 is 50.0. The molecule has 1 amide bonds. The number of ether oxygens (including phenoxy) is 2. The molecule has 33 heavy (non-hydrogen) atoms. The van der Waals surface area contributed by atoms with Crippen LogP contribution in [0.4, 0.5) is 18.0 Å². The van der Waals surface area contributed by atoms with Crippen molar-refractivity contribution in [2.24, 2.45) is 5.92 Å². The summed E-state index contributed by atoms with van der Waals surface area (Å²) in [6, 6.07) is 13.8. The van der Waals surface area contributed by atoms with E-state index in [4.69, 9.17) is 9.47 Å². The van der Waals surface area contributed by atoms with Gasteiger partial charge in [0.15, 0.2) is 5.78 Å². The molecule has 2 aromatic carbocycles. The molecule has 0 radical (unpaired) electrons. The molecule has 0 saturated carbocycles. The summed E-state index contributed by atoms with van der Waals surface area (Å²) in [6.45, 7) is 5.64. The fourth-order valence-corrected chi connectivity index (χ4v) is 3.67. The monoisotopic (exact) mass is 463 g/mol. The Kier molecular flexibility index (Phi) is 7.34. The van der Waals surface area contributed by atoms with Crippen molar-refractivity contribution in [1.82, 2.24) is 4.90 Å². The van der Waals surface area contributed by atoms with E-state index in [2.05, 4.69) is 0 Å². The molecule has 2 atom stereocenters. The van der Waals surface area contributed by atoms with Crippen molar-refractivity contribution in [3.8, 4) is 5.75 Å². The van der Waals surface area contributed by atoms with Gasteiger partial charge in [-0.2, -0.15) is 13.2 Å². The first-order valence-corrected chi connectivity index (χ1v) is 10.8. The average Bonchev–Trinajstić information content (AvgIpc) is 2.73. The minimum Gasteiger partial charge on any atom is -0.486 e. The molecule has 1 fully saturated rings. The maximum Gasteiger partial charge on any atom is 0.416 e. The predicted octanol–water partition coefficient (Wildman–Crippen LogP) is 6.04. The highest BCUT2D eigenvalue weighted by Gasteiger charge is 2.34. The molecule has 1 heterocycles. The lowest BCUT2D eigenvalue weighted by Crippen LogP contribution is -2.46. The molecule has 1 saturated heterocycles. The lowest BCUT2D eigenvalue weighted by molar-refractivity contribution is -0.137. The number of piperidine rings is 1. The predicted molar refractivity (Wildman–Crippen MR) is 117 cm³/mol. The van der Waals surface area contributed by atoms with E-state index in [1.807, 2.05) is 30.3 Å². The molecule has 178 valence electrons. The van der Waals surface area contributed by atoms with E-state index in [9.17, 15) is 22.8 Å². The minimum absolute atomic E-state index is 0.0403. The van der Waals surface area contributed by atoms with Gasteiger partial charge >= 0.3 is 12.3 Å². The van der Waals surface area contributed by atoms with Crippen molar-refractivity contribution in [3.05, 3.63) is 65.7 Å². The zero-order valence-corrected chi connectivity index (χ0v) is 18.9. The normalized spacial score (nSPS) is 18.1. The molecule has 0 aliphatic carbocycles. The third-order valence-corrected chi connectivity index (χ3v) is 5.33. The van der Waals surface area contributed by atoms with Gasteiger partial charge in [0.25, 0.3) is 0 Å². The van der Waals surface area contributed by atoms with Gasteiger partial charge in [0.1, 0.15) is 17.5 Å². The maximum absolute atomic E-state index is 12.9. The van der Waals surface area contributed by atoms with Crippen molar-refractivity contribution >= 4 is 11.9 Å². The number of nitrogens with zero attached hydrogens (tertiary/aromatic N) is 1. The fourth-order valence-electron chi connectivity index (χ4n) is 3.67. The standard InChI is InChI=1S/C25H28F3NO4/c1-24(2,3)33-23(31)29-14-13-18(21(30)16-29)15-22(17-7-5-4-6-8-17)32-20-11-9-19(10-12-20)25(26,27)28/h4-12,18,22H,13-16H2,1-3H3/t18-,22+/m0/s1. The number of carbonyl (C=O) groups excluding carboxylic acids is 2. The van der Waals surface area contributed by atoms with Crippen LogP contribution in [0, 0.1) is 5.92 Å². The quantitative estimate of drug-likeness (QED) is 0.542. The van der Waals surface area contributed by atoms with Crippen LogP contribution in [-0.2, 0) is 15.7 Å². The summed E-state index contributed by atoms with van der Waals surface area (Å²) in [5, 5.41) is 0. The Morgan fingerprint density at radius 2 is 1.70 bits per heavy atom. The number of benzene rings is 2. The first-order valence-electron chi connectivity index (χ1n) is 10.8. The van der Waals surface area contributed by atoms with E-state index in [1.165, 1.54) is 17.0 Å². The van der Waals surface area contributed by atoms with Gasteiger partial charge < -0.3 is 14.4 Å². The third kappa shape index (κ3) is 6.97. The Labute approximate surface area is 191 Å². The van der Waals surface area contributed by atoms with Gasteiger partial charge in [0.05, 0.1) is 12.1 Å². The van der Waals surface area contributed by atoms with Crippen LogP contribution in [-0.4, -0.2) is 35.5 Å². The second-order valence-electron chi connectivity index (χ2n) is 9.13. The molecule has 5 nitrogen and oxygen atoms in total. The first-order chi connectivity index (χ1) is 15.4. The number of carbonyl (C=O) groups is 2. The number of ketones is 1. The SMILES string of the molecule is CC(C)(C)OC(=O)N1CC[C@@H](C[C@@H](Oc2ccc(C(F)(F)F)cc2)c2ccccc2)C(=O)C1. The van der Waals surface area contributed by atoms with Gasteiger partial charge in [-0.1, -0.05) is 30.3 Å². The van der Waals surface area contributed by atoms with Gasteiger partial charge in [-0.3, -0.25) is 4.79 Å². The van der Waals surface area contributed by atoms with Crippen LogP contribution in [0.1, 0.15) is 50.8 Å². The van der Waals surface area contributed by atoms with E-state index in [-0.39, 0.29) is 24.0 Å². The maximum atomic E-state index is 12.9. The number of alkyl halides is 3. The van der Waals surface area contributed by atoms with Crippen LogP contribution in [0.5, 0.6) is 5.75 Å². The second-order valence-corrected chi connectivity index (χ2v) is 9.13. The Hall–Kier alpha value is -3.03. The second kappa shape index (κ2) is 9.85. The third-order valence-electron chi connectivity index (χ3n) is 5.33. The summed E-state index contributed by atoms with van der Waals surface area (Å²) in [6.07, 6.45) is -4.66. The van der Waals surface area contributed by atoms with Crippen LogP contribution in [0.3, 0.4) is 0 Å². The van der Waals surface area contributed by atoms with Crippen molar-refractivity contribution in [3.63, 3.8) is 0 Å². The van der Waals surface area contributed by atoms with Gasteiger partial charge in [0.2, 0.25) is 0 Å². The van der Waals surface area contributed by atoms with Crippen LogP contribution in [0.15, 0.2) is 54.6 Å². The highest BCUT2D eigenvalue weighted by molar-refractivity contribution is 5.87. The smallest absolute Gasteiger partial charge is 0.416 e. The summed E-state index contributed by atoms with van der Waals surface area (Å²) in [5.74, 6) is -0.150. The summed E-state index contributed by atoms with van der Waals surface area (Å²) in [4.78, 5) is 26.5. The highest BCUT2D eigenvalue weighted by Crippen LogP contribution is 2.34. The molecule has 0 aromatic heterocycles. The van der Waals surface area contributed by atoms with E-state index in [1.54, 1.807) is 20.8 Å². The summed E-state index contributed by atoms with van der Waals surface area (Å²) >= 11 is 0. The molecule has 1 aliphatic rings. The molecule has 1 aliphatic heterocycles. The number of Topliss-reactive ketones (excluding diaryl/α,β-unsaturated/α-hetero) is 1. The van der Waals surface area contributed by atoms with Crippen LogP contribution < -0.4 is 4.74 Å². The number of amides is 1. The Morgan fingerprint density at radius 3 is 2.24 bits per heavy atom. The molecule has 0 bridgehead atoms. The number of rotatable bonds is 5. The van der Waals surface area contributed by atoms with E-state index < -0.39 is 29.5 Å². The average molecular weight is 463 g/mol. The number of likely N-dealkylation sites (tertiary alicyclic amines) is 1. The minimum atomic E-state index is -4.42. The molecule has 2 aromatic rings. The Bertz CT molecular complexity index is 952. The van der Waals surface area contributed by atoms with Gasteiger partial charge in [-0.25, -0.2) is 4.79 Å². The van der Waals surface area contributed by atoms with E-state index >= 15 is 0 Å². The molecule has 0 N–H and O–H groups in total. The first kappa shape index (κ1) is 24.6. The lowest BCUT2D eigenvalue weighted by atomic mass is 9.88. The Balaban J connectivity index is 1.70. The lowest BCUT2D eigenvalue weighted by Gasteiger charge is -2.33. The van der Waals surface area contributed by atoms with Crippen molar-refractivity contribution < 1.29 is 32.2 Å². The van der Waals surface area contributed by atoms with Gasteiger partial charge in [-0.05, 0) is 63.4 Å². The van der Waals surface area contributed by atoms with E-state index in [0.29, 0.717) is 19.4 Å². The zero-order chi connectivity index (χ0) is 24.2. The van der Waals surface area contributed by atoms with Gasteiger partial charge in [0, 0.05) is 12.5 Å². The van der Waals surface area contributed by atoms with E-state index in [0.717, 1.165) is 17.7 Å². The molecule has 8 heteroatoms. The largest absolute Gasteiger partial charge is 0.486 e. The van der Waals surface area contributed by atoms with Crippen LogP contribution in [0.25, 0.3) is 0 Å². The fraction of sp³-hybridized carbons (Fsp3) is 0.440. The number of hydrogen-bond donors (Lipinski definition) is 0. The van der Waals surface area contributed by atoms with Crippen molar-refractivity contribution in [2.45, 2.75) is 51.5 Å². The molecular formula is C25H28F3NO4. The van der Waals surface area contributed by atoms with Crippen LogP contribution >= 0.6 is 0 Å². The molecule has 0 unspecified atom stereocenters. The number of halogens is 3.